The van der Waals surface area contributed by atoms with Crippen molar-refractivity contribution in [2.45, 2.75) is 74.5 Å². The molecule has 5 nitrogen and oxygen atoms in total. The van der Waals surface area contributed by atoms with Gasteiger partial charge < -0.3 is 43.0 Å². The van der Waals surface area contributed by atoms with Crippen LogP contribution in [0, 0.1) is 0 Å². The van der Waals surface area contributed by atoms with E-state index < -0.39 is 16.6 Å². The third kappa shape index (κ3) is 3.08. The molecule has 2 fully saturated rings. The summed E-state index contributed by atoms with van der Waals surface area (Å²) in [6, 6.07) is 14.3. The Morgan fingerprint density at radius 2 is 1.91 bits per heavy atom. The average molecular weight is 590 g/mol. The number of quaternary nitrogens is 1. The highest BCUT2D eigenvalue weighted by atomic mass is 127. The van der Waals surface area contributed by atoms with Crippen LogP contribution >= 0.6 is 0 Å². The summed E-state index contributed by atoms with van der Waals surface area (Å²) in [4.78, 5) is 14.1. The van der Waals surface area contributed by atoms with Crippen molar-refractivity contribution < 1.29 is 47.8 Å². The number of nitrogens with zero attached hydrogens (tertiary/aromatic N) is 1. The van der Waals surface area contributed by atoms with Crippen molar-refractivity contribution in [1.29, 1.82) is 0 Å². The Morgan fingerprint density at radius 1 is 1.14 bits per heavy atom. The topological polar surface area (TPSA) is 55.8 Å². The highest BCUT2D eigenvalue weighted by Gasteiger charge is 2.82. The van der Waals surface area contributed by atoms with E-state index in [0.717, 1.165) is 54.3 Å². The smallest absolute Gasteiger partial charge is 0.184 e. The van der Waals surface area contributed by atoms with Gasteiger partial charge in [-0.2, -0.15) is 0 Å². The van der Waals surface area contributed by atoms with Crippen LogP contribution in [0.15, 0.2) is 42.5 Å². The van der Waals surface area contributed by atoms with Crippen LogP contribution in [0.1, 0.15) is 55.7 Å². The van der Waals surface area contributed by atoms with E-state index >= 15 is 0 Å². The largest absolute Gasteiger partial charge is 1.00 e. The van der Waals surface area contributed by atoms with E-state index in [1.54, 1.807) is 6.07 Å². The monoisotopic (exact) mass is 589 g/mol. The van der Waals surface area contributed by atoms with Gasteiger partial charge in [-0.1, -0.05) is 49.7 Å². The van der Waals surface area contributed by atoms with Crippen molar-refractivity contribution in [3.63, 3.8) is 0 Å². The zero-order valence-corrected chi connectivity index (χ0v) is 23.1. The number of phenolic OH excluding ortho intramolecular Hbond substituents is 1. The number of likely N-dealkylation sites (N-methyl/N-ethyl adjacent to an activating group) is 1. The van der Waals surface area contributed by atoms with E-state index in [0.29, 0.717) is 25.2 Å². The molecule has 188 valence electrons. The number of carbonyl (C=O) groups excluding carboxylic acids is 1. The van der Waals surface area contributed by atoms with Gasteiger partial charge in [0, 0.05) is 37.9 Å². The molecular formula is C29H36INO4. The molecule has 4 atom stereocenters. The number of benzene rings is 2. The molecule has 0 aromatic heterocycles. The number of Topliss-reactive ketones (excluding diaryl/α,β-unsaturated/α-hetero) is 1. The number of piperidine rings is 1. The number of rotatable bonds is 6. The van der Waals surface area contributed by atoms with Crippen LogP contribution in [0.25, 0.3) is 0 Å². The first-order valence-electron chi connectivity index (χ1n) is 12.9. The molecule has 0 unspecified atom stereocenters. The van der Waals surface area contributed by atoms with Gasteiger partial charge in [-0.15, -0.1) is 0 Å². The Hall–Kier alpha value is -1.64. The molecule has 2 aromatic carbocycles. The van der Waals surface area contributed by atoms with Crippen LogP contribution in [-0.2, 0) is 27.8 Å². The summed E-state index contributed by atoms with van der Waals surface area (Å²) < 4.78 is 14.8. The van der Waals surface area contributed by atoms with E-state index in [1.165, 1.54) is 5.56 Å². The zero-order chi connectivity index (χ0) is 23.8. The molecule has 1 spiro atoms. The summed E-state index contributed by atoms with van der Waals surface area (Å²) in [7, 11) is 4.64. The number of carbonyl (C=O) groups is 1. The number of halogens is 1. The summed E-state index contributed by atoms with van der Waals surface area (Å²) in [6.07, 6.45) is 5.42. The van der Waals surface area contributed by atoms with E-state index in [1.807, 2.05) is 18.2 Å². The van der Waals surface area contributed by atoms with Gasteiger partial charge in [0.2, 0.25) is 0 Å². The lowest BCUT2D eigenvalue weighted by Crippen LogP contribution is -3.00. The predicted octanol–water partition coefficient (Wildman–Crippen LogP) is 1.33. The zero-order valence-electron chi connectivity index (χ0n) is 21.0. The molecule has 6 rings (SSSR count). The SMILES string of the molecule is CCCCO[C@@]12CCC(=O)[C@]3(Cc4ccccc4)Oc4c(O)ccc5c4[C@@]31CC[N+](C)(C)[C@@H]2C5.[I-]. The molecule has 2 aliphatic carbocycles. The summed E-state index contributed by atoms with van der Waals surface area (Å²) in [5, 5.41) is 11.0. The van der Waals surface area contributed by atoms with E-state index in [4.69, 9.17) is 9.47 Å². The van der Waals surface area contributed by atoms with E-state index in [-0.39, 0.29) is 41.6 Å². The van der Waals surface area contributed by atoms with Gasteiger partial charge in [0.25, 0.3) is 0 Å². The van der Waals surface area contributed by atoms with Crippen LogP contribution in [0.3, 0.4) is 0 Å². The lowest BCUT2D eigenvalue weighted by molar-refractivity contribution is -0.932. The fourth-order valence-electron chi connectivity index (χ4n) is 8.03. The highest BCUT2D eigenvalue weighted by molar-refractivity contribution is 5.94. The standard InChI is InChI=1S/C29H35NO4.HI/c1-4-5-17-33-28-14-13-24(32)29(19-20-9-7-6-8-10-20)27(28)15-16-30(2,3)23(28)18-21-11-12-22(31)26(34-29)25(21)27;/h6-12,23H,4-5,13-19H2,1-3H3;1H/t23-,27-,28-,29+;/m1./s1. The molecule has 35 heavy (non-hydrogen) atoms. The Balaban J connectivity index is 0.00000253. The van der Waals surface area contributed by atoms with Crippen LogP contribution in [0.4, 0.5) is 0 Å². The molecule has 2 bridgehead atoms. The molecular weight excluding hydrogens is 553 g/mol. The maximum Gasteiger partial charge on any atom is 0.184 e. The molecule has 1 N–H and O–H groups in total. The number of unbranched alkanes of at least 4 members (excludes halogenated alkanes) is 1. The Bertz CT molecular complexity index is 1150. The molecule has 1 saturated heterocycles. The Labute approximate surface area is 225 Å². The lowest BCUT2D eigenvalue weighted by Gasteiger charge is -2.67. The number of likely N-dealkylation sites (tertiary alicyclic amines) is 1. The first-order chi connectivity index (χ1) is 16.3. The number of aromatic hydroxyl groups is 1. The Morgan fingerprint density at radius 3 is 2.66 bits per heavy atom. The number of hydrogen-bond acceptors (Lipinski definition) is 4. The molecule has 2 aromatic rings. The second-order valence-corrected chi connectivity index (χ2v) is 11.4. The molecule has 6 heteroatoms. The normalized spacial score (nSPS) is 33.5. The first kappa shape index (κ1) is 25.0. The number of ketones is 1. The van der Waals surface area contributed by atoms with Gasteiger partial charge in [0.05, 0.1) is 26.1 Å². The van der Waals surface area contributed by atoms with Crippen LogP contribution in [0.2, 0.25) is 0 Å². The minimum absolute atomic E-state index is 0. The summed E-state index contributed by atoms with van der Waals surface area (Å²) in [6.45, 7) is 3.83. The number of hydrogen-bond donors (Lipinski definition) is 1. The molecule has 1 saturated carbocycles. The highest BCUT2D eigenvalue weighted by Crippen LogP contribution is 2.70. The van der Waals surface area contributed by atoms with Gasteiger partial charge in [0.1, 0.15) is 11.6 Å². The second-order valence-electron chi connectivity index (χ2n) is 11.4. The lowest BCUT2D eigenvalue weighted by atomic mass is 9.43. The van der Waals surface area contributed by atoms with Crippen molar-refractivity contribution in [3.8, 4) is 11.5 Å². The fraction of sp³-hybridized carbons (Fsp3) is 0.552. The molecule has 2 heterocycles. The predicted molar refractivity (Wildman–Crippen MR) is 130 cm³/mol. The minimum atomic E-state index is -1.06. The Kier molecular flexibility index (Phi) is 6.04. The van der Waals surface area contributed by atoms with Crippen molar-refractivity contribution >= 4 is 5.78 Å². The molecule has 2 aliphatic heterocycles. The number of ether oxygens (including phenoxy) is 2. The second kappa shape index (κ2) is 8.45. The third-order valence-corrected chi connectivity index (χ3v) is 9.52. The van der Waals surface area contributed by atoms with E-state index in [9.17, 15) is 9.90 Å². The fourth-order valence-corrected chi connectivity index (χ4v) is 8.03. The molecule has 0 radical (unpaired) electrons. The summed E-state index contributed by atoms with van der Waals surface area (Å²) in [5.41, 5.74) is 1.20. The van der Waals surface area contributed by atoms with Gasteiger partial charge >= 0.3 is 0 Å². The number of phenols is 1. The summed E-state index contributed by atoms with van der Waals surface area (Å²) >= 11 is 0. The average Bonchev–Trinajstić information content (AvgIpc) is 3.13. The van der Waals surface area contributed by atoms with Crippen LogP contribution in [0.5, 0.6) is 11.5 Å². The van der Waals surface area contributed by atoms with Crippen LogP contribution in [-0.4, -0.2) is 59.9 Å². The van der Waals surface area contributed by atoms with Crippen molar-refractivity contribution in [1.82, 2.24) is 0 Å². The minimum Gasteiger partial charge on any atom is -1.00 e. The van der Waals surface area contributed by atoms with Gasteiger partial charge in [0.15, 0.2) is 22.9 Å². The maximum absolute atomic E-state index is 14.1. The van der Waals surface area contributed by atoms with Gasteiger partial charge in [-0.05, 0) is 30.0 Å². The summed E-state index contributed by atoms with van der Waals surface area (Å²) in [5.74, 6) is 0.821. The van der Waals surface area contributed by atoms with Crippen molar-refractivity contribution in [2.24, 2.45) is 0 Å². The maximum atomic E-state index is 14.1. The van der Waals surface area contributed by atoms with Crippen molar-refractivity contribution in [3.05, 3.63) is 59.2 Å². The molecule has 4 aliphatic rings. The van der Waals surface area contributed by atoms with Crippen LogP contribution < -0.4 is 28.7 Å². The quantitative estimate of drug-likeness (QED) is 0.314. The molecule has 0 amide bonds. The van der Waals surface area contributed by atoms with Crippen molar-refractivity contribution in [2.75, 3.05) is 27.2 Å². The van der Waals surface area contributed by atoms with Gasteiger partial charge in [-0.25, -0.2) is 0 Å². The first-order valence-corrected chi connectivity index (χ1v) is 12.9. The van der Waals surface area contributed by atoms with E-state index in [2.05, 4.69) is 39.2 Å². The third-order valence-electron chi connectivity index (χ3n) is 9.52. The van der Waals surface area contributed by atoms with Gasteiger partial charge in [-0.3, -0.25) is 4.79 Å².